The largest absolute Gasteiger partial charge is 0.354 e. The molecule has 0 bridgehead atoms. The van der Waals surface area contributed by atoms with Crippen LogP contribution >= 0.6 is 46.4 Å². The number of benzene rings is 3. The first-order valence-corrected chi connectivity index (χ1v) is 11.1. The Kier molecular flexibility index (Phi) is 8.16. The highest BCUT2D eigenvalue weighted by atomic mass is 35.5. The van der Waals surface area contributed by atoms with Crippen molar-refractivity contribution in [2.24, 2.45) is 0 Å². The van der Waals surface area contributed by atoms with E-state index < -0.39 is 17.5 Å². The highest BCUT2D eigenvalue weighted by Crippen LogP contribution is 2.30. The van der Waals surface area contributed by atoms with Crippen LogP contribution in [-0.4, -0.2) is 17.5 Å². The Morgan fingerprint density at radius 2 is 1.27 bits per heavy atom. The summed E-state index contributed by atoms with van der Waals surface area (Å²) in [5.41, 5.74) is 1.74. The smallest absolute Gasteiger partial charge is 0.276 e. The summed E-state index contributed by atoms with van der Waals surface area (Å²) in [5.74, 6) is -1.50. The maximum atomic E-state index is 12.7. The Balaban J connectivity index is 1.93. The van der Waals surface area contributed by atoms with Gasteiger partial charge in [0.2, 0.25) is 0 Å². The summed E-state index contributed by atoms with van der Waals surface area (Å²) in [6.45, 7) is 1.59. The van der Waals surface area contributed by atoms with Gasteiger partial charge in [0.15, 0.2) is 0 Å². The number of carbonyl (C=O) groups is 2. The average Bonchev–Trinajstić information content (AvgIpc) is 2.78. The molecule has 0 aliphatic heterocycles. The quantitative estimate of drug-likeness (QED) is 0.302. The van der Waals surface area contributed by atoms with E-state index in [1.807, 2.05) is 0 Å². The molecular formula is C24H17Cl4N3O2. The second-order valence-corrected chi connectivity index (χ2v) is 8.64. The van der Waals surface area contributed by atoms with Gasteiger partial charge in [-0.15, -0.1) is 0 Å². The highest BCUT2D eigenvalue weighted by Gasteiger charge is 2.20. The van der Waals surface area contributed by atoms with Crippen molar-refractivity contribution in [3.63, 3.8) is 0 Å². The van der Waals surface area contributed by atoms with E-state index in [1.54, 1.807) is 49.4 Å². The minimum absolute atomic E-state index is 0.242. The van der Waals surface area contributed by atoms with E-state index in [0.717, 1.165) is 0 Å². The molecule has 3 rings (SSSR count). The maximum absolute atomic E-state index is 12.7. The molecule has 0 fully saturated rings. The van der Waals surface area contributed by atoms with Gasteiger partial charge in [0.05, 0.1) is 16.4 Å². The third kappa shape index (κ3) is 6.36. The molecule has 2 amide bonds. The SMILES string of the molecule is C/C(C(=N)C(=O)NC(=O)c1ccc(Cl)cc1)=C(/Nc1ccc(Cl)cc1Cl)c1ccc(Cl)cc1. The molecule has 0 spiro atoms. The van der Waals surface area contributed by atoms with Crippen molar-refractivity contribution in [1.29, 1.82) is 5.41 Å². The van der Waals surface area contributed by atoms with Crippen LogP contribution in [0.3, 0.4) is 0 Å². The number of rotatable bonds is 6. The van der Waals surface area contributed by atoms with Gasteiger partial charge in [0.1, 0.15) is 5.71 Å². The molecule has 0 saturated carbocycles. The zero-order valence-electron chi connectivity index (χ0n) is 17.2. The van der Waals surface area contributed by atoms with Crippen LogP contribution in [0, 0.1) is 5.41 Å². The third-order valence-electron chi connectivity index (χ3n) is 4.63. The summed E-state index contributed by atoms with van der Waals surface area (Å²) in [4.78, 5) is 25.1. The molecule has 9 heteroatoms. The second-order valence-electron chi connectivity index (χ2n) is 6.92. The Morgan fingerprint density at radius 3 is 1.82 bits per heavy atom. The molecule has 0 heterocycles. The maximum Gasteiger partial charge on any atom is 0.276 e. The zero-order chi connectivity index (χ0) is 24.1. The molecule has 0 aromatic heterocycles. The number of imide groups is 1. The second kappa shape index (κ2) is 10.9. The fraction of sp³-hybridized carbons (Fsp3) is 0.0417. The standard InChI is InChI=1S/C24H17Cl4N3O2/c1-13(21(29)24(33)31-23(32)15-4-8-17(26)9-5-15)22(14-2-6-16(25)7-3-14)30-20-11-10-18(27)12-19(20)28/h2-12,29-30H,1H3,(H,31,32,33)/b22-13-,29-21?. The summed E-state index contributed by atoms with van der Waals surface area (Å²) < 4.78 is 0. The van der Waals surface area contributed by atoms with Crippen LogP contribution in [0.5, 0.6) is 0 Å². The summed E-state index contributed by atoms with van der Waals surface area (Å²) >= 11 is 24.1. The van der Waals surface area contributed by atoms with Crippen molar-refractivity contribution in [2.45, 2.75) is 6.92 Å². The predicted molar refractivity (Wildman–Crippen MR) is 136 cm³/mol. The molecule has 3 aromatic carbocycles. The van der Waals surface area contributed by atoms with Gasteiger partial charge in [-0.1, -0.05) is 58.5 Å². The fourth-order valence-electron chi connectivity index (χ4n) is 2.86. The minimum atomic E-state index is -0.858. The lowest BCUT2D eigenvalue weighted by atomic mass is 10.0. The molecule has 0 atom stereocenters. The topological polar surface area (TPSA) is 82.1 Å². The lowest BCUT2D eigenvalue weighted by Gasteiger charge is -2.17. The van der Waals surface area contributed by atoms with Gasteiger partial charge < -0.3 is 5.32 Å². The van der Waals surface area contributed by atoms with Crippen LogP contribution in [0.4, 0.5) is 5.69 Å². The van der Waals surface area contributed by atoms with Crippen LogP contribution in [-0.2, 0) is 4.79 Å². The van der Waals surface area contributed by atoms with Gasteiger partial charge in [-0.2, -0.15) is 0 Å². The van der Waals surface area contributed by atoms with Crippen LogP contribution in [0.25, 0.3) is 5.70 Å². The van der Waals surface area contributed by atoms with Gasteiger partial charge in [-0.3, -0.25) is 20.3 Å². The number of halogens is 4. The number of hydrogen-bond acceptors (Lipinski definition) is 4. The molecule has 168 valence electrons. The van der Waals surface area contributed by atoms with E-state index in [0.29, 0.717) is 37.0 Å². The van der Waals surface area contributed by atoms with E-state index in [2.05, 4.69) is 10.6 Å². The molecule has 3 aromatic rings. The minimum Gasteiger partial charge on any atom is -0.354 e. The fourth-order valence-corrected chi connectivity index (χ4v) is 3.57. The van der Waals surface area contributed by atoms with Crippen LogP contribution < -0.4 is 10.6 Å². The third-order valence-corrected chi connectivity index (χ3v) is 5.69. The molecule has 3 N–H and O–H groups in total. The molecule has 5 nitrogen and oxygen atoms in total. The summed E-state index contributed by atoms with van der Waals surface area (Å²) in [6, 6.07) is 17.8. The lowest BCUT2D eigenvalue weighted by Crippen LogP contribution is -2.36. The predicted octanol–water partition coefficient (Wildman–Crippen LogP) is 7.12. The van der Waals surface area contributed by atoms with E-state index in [1.165, 1.54) is 24.3 Å². The zero-order valence-corrected chi connectivity index (χ0v) is 20.2. The first kappa shape index (κ1) is 24.8. The summed E-state index contributed by atoms with van der Waals surface area (Å²) in [7, 11) is 0. The molecule has 33 heavy (non-hydrogen) atoms. The molecule has 0 saturated heterocycles. The molecule has 0 aliphatic rings. The van der Waals surface area contributed by atoms with E-state index in [4.69, 9.17) is 51.8 Å². The van der Waals surface area contributed by atoms with Crippen molar-refractivity contribution >= 4 is 75.3 Å². The number of anilines is 1. The van der Waals surface area contributed by atoms with Crippen LogP contribution in [0.2, 0.25) is 20.1 Å². The van der Waals surface area contributed by atoms with Crippen molar-refractivity contribution < 1.29 is 9.59 Å². The normalized spacial score (nSPS) is 11.4. The van der Waals surface area contributed by atoms with E-state index in [-0.39, 0.29) is 11.1 Å². The number of hydrogen-bond donors (Lipinski definition) is 3. The Morgan fingerprint density at radius 1 is 0.758 bits per heavy atom. The van der Waals surface area contributed by atoms with Crippen molar-refractivity contribution in [3.8, 4) is 0 Å². The molecular weight excluding hydrogens is 504 g/mol. The Hall–Kier alpha value is -2.83. The summed E-state index contributed by atoms with van der Waals surface area (Å²) in [5, 5.41) is 15.6. The van der Waals surface area contributed by atoms with Gasteiger partial charge >= 0.3 is 0 Å². The van der Waals surface area contributed by atoms with Crippen LogP contribution in [0.15, 0.2) is 72.3 Å². The van der Waals surface area contributed by atoms with Crippen molar-refractivity contribution in [2.75, 3.05) is 5.32 Å². The Bertz CT molecular complexity index is 1250. The monoisotopic (exact) mass is 519 g/mol. The molecule has 0 unspecified atom stereocenters. The highest BCUT2D eigenvalue weighted by molar-refractivity contribution is 6.47. The lowest BCUT2D eigenvalue weighted by molar-refractivity contribution is -0.113. The first-order valence-electron chi connectivity index (χ1n) is 9.54. The van der Waals surface area contributed by atoms with E-state index >= 15 is 0 Å². The van der Waals surface area contributed by atoms with Gasteiger partial charge in [-0.25, -0.2) is 0 Å². The first-order chi connectivity index (χ1) is 15.7. The van der Waals surface area contributed by atoms with E-state index in [9.17, 15) is 9.59 Å². The van der Waals surface area contributed by atoms with Gasteiger partial charge in [0, 0.05) is 26.2 Å². The van der Waals surface area contributed by atoms with Crippen LogP contribution in [0.1, 0.15) is 22.8 Å². The molecule has 0 aliphatic carbocycles. The summed E-state index contributed by atoms with van der Waals surface area (Å²) in [6.07, 6.45) is 0. The van der Waals surface area contributed by atoms with Crippen molar-refractivity contribution in [3.05, 3.63) is 104 Å². The molecule has 0 radical (unpaired) electrons. The Labute approximate surface area is 210 Å². The average molecular weight is 521 g/mol. The number of nitrogens with one attached hydrogen (secondary N) is 3. The number of amides is 2. The number of carbonyl (C=O) groups excluding carboxylic acids is 2. The van der Waals surface area contributed by atoms with Gasteiger partial charge in [-0.05, 0) is 67.1 Å². The van der Waals surface area contributed by atoms with Gasteiger partial charge in [0.25, 0.3) is 11.8 Å². The van der Waals surface area contributed by atoms with Crippen molar-refractivity contribution in [1.82, 2.24) is 5.32 Å².